The molecule has 0 amide bonds. The third-order valence-corrected chi connectivity index (χ3v) is 9.66. The van der Waals surface area contributed by atoms with Gasteiger partial charge in [-0.3, -0.25) is 14.4 Å². The summed E-state index contributed by atoms with van der Waals surface area (Å²) in [6.07, 6.45) is 1.29. The number of hydrogen-bond donors (Lipinski definition) is 1. The highest BCUT2D eigenvalue weighted by atomic mass is 35.5. The zero-order valence-corrected chi connectivity index (χ0v) is 26.8. The zero-order valence-electron chi connectivity index (χ0n) is 26.0. The van der Waals surface area contributed by atoms with Crippen molar-refractivity contribution in [1.82, 2.24) is 9.80 Å². The fraction of sp³-hybridized carbons (Fsp3) is 0.618. The van der Waals surface area contributed by atoms with Crippen molar-refractivity contribution in [1.29, 1.82) is 0 Å². The van der Waals surface area contributed by atoms with Crippen LogP contribution in [0.2, 0.25) is 5.02 Å². The number of likely N-dealkylation sites (N-methyl/N-ethyl adjacent to an activating group) is 1. The normalized spacial score (nSPS) is 21.3. The van der Waals surface area contributed by atoms with Gasteiger partial charge in [0.25, 0.3) is 0 Å². The lowest BCUT2D eigenvalue weighted by molar-refractivity contribution is -0.345. The molecule has 1 saturated carbocycles. The standard InChI is InChI=1S/C34H46ClF3N2O4/c1-23-10-13-26(35)22-29(23)24(17-21-40-18-5-4-6-19-40)16-20-39(2)32(33(41)42)28-8-7-9-30(43-3)31(28)25-11-14-27(15-12-25)44-34(36,37)38/h7-10,13,22,24-25,27,32H,4-6,11-12,14-21H2,1-3H3,(H,41,42)/t24-,25?,27?,32?/m1/s1. The van der Waals surface area contributed by atoms with Gasteiger partial charge in [-0.1, -0.05) is 36.2 Å². The number of rotatable bonds is 13. The average Bonchev–Trinajstić information content (AvgIpc) is 2.98. The van der Waals surface area contributed by atoms with Gasteiger partial charge in [-0.15, -0.1) is 13.2 Å². The third-order valence-electron chi connectivity index (χ3n) is 9.43. The number of halogens is 4. The molecule has 0 aromatic heterocycles. The van der Waals surface area contributed by atoms with Crippen LogP contribution in [0.3, 0.4) is 0 Å². The lowest BCUT2D eigenvalue weighted by atomic mass is 9.79. The molecule has 1 aliphatic heterocycles. The maximum atomic E-state index is 12.9. The lowest BCUT2D eigenvalue weighted by Crippen LogP contribution is -2.34. The van der Waals surface area contributed by atoms with Crippen LogP contribution in [-0.4, -0.2) is 73.7 Å². The van der Waals surface area contributed by atoms with E-state index in [9.17, 15) is 23.1 Å². The molecule has 44 heavy (non-hydrogen) atoms. The molecule has 10 heteroatoms. The molecule has 2 atom stereocenters. The minimum absolute atomic E-state index is 0.129. The summed E-state index contributed by atoms with van der Waals surface area (Å²) in [6.45, 7) is 5.86. The van der Waals surface area contributed by atoms with Crippen molar-refractivity contribution in [2.24, 2.45) is 0 Å². The number of aryl methyl sites for hydroxylation is 1. The molecule has 4 rings (SSSR count). The molecule has 2 aromatic carbocycles. The molecule has 1 N–H and O–H groups in total. The van der Waals surface area contributed by atoms with Gasteiger partial charge < -0.3 is 14.7 Å². The number of methoxy groups -OCH3 is 1. The van der Waals surface area contributed by atoms with E-state index in [4.69, 9.17) is 16.3 Å². The summed E-state index contributed by atoms with van der Waals surface area (Å²) in [6, 6.07) is 10.5. The van der Waals surface area contributed by atoms with Gasteiger partial charge in [-0.2, -0.15) is 0 Å². The number of nitrogens with zero attached hydrogens (tertiary/aromatic N) is 2. The van der Waals surface area contributed by atoms with Crippen LogP contribution in [0.25, 0.3) is 0 Å². The number of benzene rings is 2. The summed E-state index contributed by atoms with van der Waals surface area (Å²) in [5.74, 6) is -0.326. The first-order chi connectivity index (χ1) is 21.0. The van der Waals surface area contributed by atoms with Gasteiger partial charge in [-0.05, 0) is 138 Å². The summed E-state index contributed by atoms with van der Waals surface area (Å²) in [5, 5.41) is 11.2. The van der Waals surface area contributed by atoms with Crippen molar-refractivity contribution in [3.05, 3.63) is 63.7 Å². The molecule has 6 nitrogen and oxygen atoms in total. The molecule has 2 aliphatic rings. The van der Waals surface area contributed by atoms with Crippen LogP contribution in [0.5, 0.6) is 5.75 Å². The van der Waals surface area contributed by atoms with Crippen molar-refractivity contribution >= 4 is 17.6 Å². The second-order valence-electron chi connectivity index (χ2n) is 12.4. The highest BCUT2D eigenvalue weighted by Crippen LogP contribution is 2.44. The Labute approximate surface area is 264 Å². The predicted octanol–water partition coefficient (Wildman–Crippen LogP) is 8.33. The summed E-state index contributed by atoms with van der Waals surface area (Å²) in [4.78, 5) is 17.3. The van der Waals surface area contributed by atoms with Crippen LogP contribution in [0, 0.1) is 6.92 Å². The van der Waals surface area contributed by atoms with Gasteiger partial charge in [0, 0.05) is 10.6 Å². The smallest absolute Gasteiger partial charge is 0.496 e. The summed E-state index contributed by atoms with van der Waals surface area (Å²) in [5.41, 5.74) is 3.78. The maximum Gasteiger partial charge on any atom is 0.522 e. The molecule has 244 valence electrons. The Morgan fingerprint density at radius 1 is 1.07 bits per heavy atom. The van der Waals surface area contributed by atoms with Gasteiger partial charge in [0.1, 0.15) is 11.8 Å². The Morgan fingerprint density at radius 3 is 2.41 bits per heavy atom. The van der Waals surface area contributed by atoms with E-state index in [0.29, 0.717) is 35.7 Å². The number of piperidine rings is 1. The topological polar surface area (TPSA) is 62.2 Å². The summed E-state index contributed by atoms with van der Waals surface area (Å²) >= 11 is 6.43. The Bertz CT molecular complexity index is 1230. The number of carboxylic acids is 1. The molecule has 1 unspecified atom stereocenters. The van der Waals surface area contributed by atoms with E-state index in [1.54, 1.807) is 19.2 Å². The van der Waals surface area contributed by atoms with Crippen LogP contribution in [0.15, 0.2) is 36.4 Å². The first-order valence-corrected chi connectivity index (χ1v) is 16.2. The number of carbonyl (C=O) groups is 1. The highest BCUT2D eigenvalue weighted by Gasteiger charge is 2.38. The van der Waals surface area contributed by atoms with E-state index in [0.717, 1.165) is 38.0 Å². The molecular weight excluding hydrogens is 593 g/mol. The van der Waals surface area contributed by atoms with Gasteiger partial charge in [0.15, 0.2) is 0 Å². The van der Waals surface area contributed by atoms with Crippen LogP contribution in [0.1, 0.15) is 97.9 Å². The lowest BCUT2D eigenvalue weighted by Gasteiger charge is -2.34. The molecule has 2 fully saturated rings. The van der Waals surface area contributed by atoms with Crippen molar-refractivity contribution < 1.29 is 32.5 Å². The second-order valence-corrected chi connectivity index (χ2v) is 12.8. The number of carboxylic acid groups (broad SMARTS) is 1. The number of aliphatic carboxylic acids is 1. The Balaban J connectivity index is 1.54. The molecule has 1 aliphatic carbocycles. The molecule has 0 radical (unpaired) electrons. The van der Waals surface area contributed by atoms with E-state index < -0.39 is 24.5 Å². The Kier molecular flexibility index (Phi) is 12.4. The Morgan fingerprint density at radius 2 is 1.77 bits per heavy atom. The molecule has 1 heterocycles. The Hall–Kier alpha value is -2.33. The minimum atomic E-state index is -4.67. The van der Waals surface area contributed by atoms with E-state index in [1.165, 1.54) is 30.4 Å². The van der Waals surface area contributed by atoms with Gasteiger partial charge in [0.05, 0.1) is 13.2 Å². The second kappa shape index (κ2) is 15.8. The van der Waals surface area contributed by atoms with Crippen molar-refractivity contribution in [2.75, 3.05) is 40.3 Å². The minimum Gasteiger partial charge on any atom is -0.496 e. The average molecular weight is 639 g/mol. The van der Waals surface area contributed by atoms with Gasteiger partial charge in [0.2, 0.25) is 0 Å². The quantitative estimate of drug-likeness (QED) is 0.238. The highest BCUT2D eigenvalue weighted by molar-refractivity contribution is 6.30. The van der Waals surface area contributed by atoms with Gasteiger partial charge in [-0.25, -0.2) is 0 Å². The fourth-order valence-electron chi connectivity index (χ4n) is 7.15. The van der Waals surface area contributed by atoms with Crippen molar-refractivity contribution in [3.63, 3.8) is 0 Å². The van der Waals surface area contributed by atoms with Crippen molar-refractivity contribution in [3.8, 4) is 5.75 Å². The third kappa shape index (κ3) is 9.35. The molecular formula is C34H46ClF3N2O4. The molecule has 0 bridgehead atoms. The largest absolute Gasteiger partial charge is 0.522 e. The maximum absolute atomic E-state index is 12.9. The first kappa shape index (κ1) is 34.5. The summed E-state index contributed by atoms with van der Waals surface area (Å²) < 4.78 is 48.5. The first-order valence-electron chi connectivity index (χ1n) is 15.8. The number of alkyl halides is 3. The molecule has 2 aromatic rings. The van der Waals surface area contributed by atoms with Gasteiger partial charge >= 0.3 is 12.3 Å². The number of hydrogen-bond acceptors (Lipinski definition) is 5. The SMILES string of the molecule is COc1cccc(C(C(=O)O)N(C)CC[C@H](CCN2CCCCC2)c2cc(Cl)ccc2C)c1C1CCC(OC(F)(F)F)CC1. The van der Waals surface area contributed by atoms with Crippen LogP contribution >= 0.6 is 11.6 Å². The van der Waals surface area contributed by atoms with Crippen LogP contribution in [-0.2, 0) is 9.53 Å². The monoisotopic (exact) mass is 638 g/mol. The fourth-order valence-corrected chi connectivity index (χ4v) is 7.33. The van der Waals surface area contributed by atoms with E-state index in [-0.39, 0.29) is 24.7 Å². The molecule has 1 saturated heterocycles. The zero-order chi connectivity index (χ0) is 31.9. The predicted molar refractivity (Wildman–Crippen MR) is 167 cm³/mol. The van der Waals surface area contributed by atoms with Crippen LogP contribution < -0.4 is 4.74 Å². The molecule has 0 spiro atoms. The van der Waals surface area contributed by atoms with E-state index in [1.807, 2.05) is 36.2 Å². The van der Waals surface area contributed by atoms with E-state index >= 15 is 0 Å². The number of ether oxygens (including phenoxy) is 2. The number of likely N-dealkylation sites (tertiary alicyclic amines) is 1. The van der Waals surface area contributed by atoms with Crippen LogP contribution in [0.4, 0.5) is 13.2 Å². The van der Waals surface area contributed by atoms with E-state index in [2.05, 4.69) is 16.6 Å². The summed E-state index contributed by atoms with van der Waals surface area (Å²) in [7, 11) is 3.38. The van der Waals surface area contributed by atoms with Crippen molar-refractivity contribution in [2.45, 2.75) is 95.1 Å².